The number of aryl methyl sites for hydroxylation is 2. The van der Waals surface area contributed by atoms with Gasteiger partial charge in [-0.2, -0.15) is 0 Å². The van der Waals surface area contributed by atoms with Gasteiger partial charge in [-0.25, -0.2) is 9.78 Å². The molecule has 14 heavy (non-hydrogen) atoms. The van der Waals surface area contributed by atoms with Crippen LogP contribution in [0.1, 0.15) is 42.4 Å². The highest BCUT2D eigenvalue weighted by molar-refractivity contribution is 5.87. The summed E-state index contributed by atoms with van der Waals surface area (Å²) < 4.78 is 10.1. The molecule has 1 aromatic rings. The number of aromatic nitrogens is 1. The Bertz CT molecular complexity index is 317. The van der Waals surface area contributed by atoms with E-state index in [9.17, 15) is 4.79 Å². The van der Waals surface area contributed by atoms with E-state index in [-0.39, 0.29) is 5.76 Å². The zero-order chi connectivity index (χ0) is 10.6. The van der Waals surface area contributed by atoms with Crippen LogP contribution in [0, 0.1) is 6.92 Å². The fraction of sp³-hybridized carbons (Fsp3) is 0.600. The molecule has 0 aliphatic heterocycles. The Morgan fingerprint density at radius 2 is 2.21 bits per heavy atom. The van der Waals surface area contributed by atoms with E-state index in [0.29, 0.717) is 18.2 Å². The quantitative estimate of drug-likeness (QED) is 0.694. The SMILES string of the molecule is CCCc1nc(C)c(C(=O)OCC)o1. The summed E-state index contributed by atoms with van der Waals surface area (Å²) in [5.74, 6) is 0.406. The molecule has 0 unspecified atom stereocenters. The van der Waals surface area contributed by atoms with Gasteiger partial charge in [0.25, 0.3) is 0 Å². The van der Waals surface area contributed by atoms with Crippen LogP contribution in [-0.2, 0) is 11.2 Å². The van der Waals surface area contributed by atoms with E-state index < -0.39 is 5.97 Å². The van der Waals surface area contributed by atoms with Crippen LogP contribution in [0.15, 0.2) is 4.42 Å². The van der Waals surface area contributed by atoms with Gasteiger partial charge in [0, 0.05) is 6.42 Å². The maximum absolute atomic E-state index is 11.3. The molecule has 0 N–H and O–H groups in total. The number of ether oxygens (including phenoxy) is 1. The van der Waals surface area contributed by atoms with Crippen LogP contribution in [0.5, 0.6) is 0 Å². The molecule has 0 saturated carbocycles. The van der Waals surface area contributed by atoms with E-state index in [1.54, 1.807) is 13.8 Å². The summed E-state index contributed by atoms with van der Waals surface area (Å²) in [7, 11) is 0. The maximum Gasteiger partial charge on any atom is 0.376 e. The lowest BCUT2D eigenvalue weighted by Gasteiger charge is -1.97. The van der Waals surface area contributed by atoms with Crippen molar-refractivity contribution in [2.45, 2.75) is 33.6 Å². The molecule has 0 fully saturated rings. The van der Waals surface area contributed by atoms with Gasteiger partial charge in [-0.3, -0.25) is 0 Å². The fourth-order valence-corrected chi connectivity index (χ4v) is 1.16. The standard InChI is InChI=1S/C10H15NO3/c1-4-6-8-11-7(3)9(14-8)10(12)13-5-2/h4-6H2,1-3H3. The van der Waals surface area contributed by atoms with Crippen LogP contribution in [-0.4, -0.2) is 17.6 Å². The Morgan fingerprint density at radius 3 is 2.79 bits per heavy atom. The molecule has 0 saturated heterocycles. The lowest BCUT2D eigenvalue weighted by molar-refractivity contribution is 0.0487. The van der Waals surface area contributed by atoms with E-state index in [1.165, 1.54) is 0 Å². The second kappa shape index (κ2) is 4.79. The number of carbonyl (C=O) groups excluding carboxylic acids is 1. The second-order valence-corrected chi connectivity index (χ2v) is 2.99. The van der Waals surface area contributed by atoms with E-state index in [4.69, 9.17) is 9.15 Å². The molecule has 4 nitrogen and oxygen atoms in total. The van der Waals surface area contributed by atoms with Crippen molar-refractivity contribution in [1.82, 2.24) is 4.98 Å². The molecule has 0 amide bonds. The van der Waals surface area contributed by atoms with Crippen molar-refractivity contribution in [2.24, 2.45) is 0 Å². The van der Waals surface area contributed by atoms with E-state index in [2.05, 4.69) is 4.98 Å². The number of hydrogen-bond donors (Lipinski definition) is 0. The molecule has 0 aromatic carbocycles. The minimum Gasteiger partial charge on any atom is -0.460 e. The lowest BCUT2D eigenvalue weighted by Crippen LogP contribution is -2.04. The summed E-state index contributed by atoms with van der Waals surface area (Å²) in [5, 5.41) is 0. The molecular weight excluding hydrogens is 182 g/mol. The average molecular weight is 197 g/mol. The number of nitrogens with zero attached hydrogens (tertiary/aromatic N) is 1. The molecule has 0 aliphatic carbocycles. The number of hydrogen-bond acceptors (Lipinski definition) is 4. The monoisotopic (exact) mass is 197 g/mol. The summed E-state index contributed by atoms with van der Waals surface area (Å²) in [6, 6.07) is 0. The molecular formula is C10H15NO3. The molecule has 1 rings (SSSR count). The third kappa shape index (κ3) is 2.34. The number of carbonyl (C=O) groups is 1. The van der Waals surface area contributed by atoms with Crippen molar-refractivity contribution >= 4 is 5.97 Å². The predicted molar refractivity (Wildman–Crippen MR) is 51.2 cm³/mol. The molecule has 1 heterocycles. The minimum absolute atomic E-state index is 0.232. The van der Waals surface area contributed by atoms with E-state index in [1.807, 2.05) is 6.92 Å². The largest absolute Gasteiger partial charge is 0.460 e. The van der Waals surface area contributed by atoms with Crippen molar-refractivity contribution < 1.29 is 13.9 Å². The molecule has 78 valence electrons. The Labute approximate surface area is 83.3 Å². The fourth-order valence-electron chi connectivity index (χ4n) is 1.16. The van der Waals surface area contributed by atoms with Crippen molar-refractivity contribution in [3.05, 3.63) is 17.3 Å². The topological polar surface area (TPSA) is 52.3 Å². The third-order valence-corrected chi connectivity index (χ3v) is 1.77. The zero-order valence-corrected chi connectivity index (χ0v) is 8.79. The minimum atomic E-state index is -0.431. The van der Waals surface area contributed by atoms with Crippen LogP contribution in [0.2, 0.25) is 0 Å². The Hall–Kier alpha value is -1.32. The van der Waals surface area contributed by atoms with Crippen molar-refractivity contribution in [3.8, 4) is 0 Å². The van der Waals surface area contributed by atoms with Crippen molar-refractivity contribution in [2.75, 3.05) is 6.61 Å². The van der Waals surface area contributed by atoms with Crippen molar-refractivity contribution in [3.63, 3.8) is 0 Å². The normalized spacial score (nSPS) is 10.2. The van der Waals surface area contributed by atoms with Gasteiger partial charge in [-0.05, 0) is 20.3 Å². The van der Waals surface area contributed by atoms with Gasteiger partial charge < -0.3 is 9.15 Å². The summed E-state index contributed by atoms with van der Waals surface area (Å²) in [6.07, 6.45) is 1.70. The van der Waals surface area contributed by atoms with Crippen LogP contribution in [0.25, 0.3) is 0 Å². The summed E-state index contributed by atoms with van der Waals surface area (Å²) >= 11 is 0. The average Bonchev–Trinajstić information content (AvgIpc) is 2.48. The van der Waals surface area contributed by atoms with Gasteiger partial charge in [0.2, 0.25) is 5.76 Å². The first-order valence-corrected chi connectivity index (χ1v) is 4.82. The Morgan fingerprint density at radius 1 is 1.50 bits per heavy atom. The second-order valence-electron chi connectivity index (χ2n) is 2.99. The molecule has 0 atom stereocenters. The predicted octanol–water partition coefficient (Wildman–Crippen LogP) is 2.11. The van der Waals surface area contributed by atoms with Crippen LogP contribution < -0.4 is 0 Å². The molecule has 0 aliphatic rings. The number of rotatable bonds is 4. The lowest BCUT2D eigenvalue weighted by atomic mass is 10.3. The molecule has 0 radical (unpaired) electrons. The van der Waals surface area contributed by atoms with Crippen LogP contribution in [0.3, 0.4) is 0 Å². The van der Waals surface area contributed by atoms with Gasteiger partial charge in [0.05, 0.1) is 12.3 Å². The summed E-state index contributed by atoms with van der Waals surface area (Å²) in [5.41, 5.74) is 0.604. The molecule has 1 aromatic heterocycles. The van der Waals surface area contributed by atoms with Gasteiger partial charge >= 0.3 is 5.97 Å². The highest BCUT2D eigenvalue weighted by Gasteiger charge is 2.17. The first-order chi connectivity index (χ1) is 6.69. The van der Waals surface area contributed by atoms with Gasteiger partial charge in [0.15, 0.2) is 5.89 Å². The Balaban J connectivity index is 2.81. The van der Waals surface area contributed by atoms with Crippen molar-refractivity contribution in [1.29, 1.82) is 0 Å². The highest BCUT2D eigenvalue weighted by atomic mass is 16.5. The first kappa shape index (κ1) is 10.8. The smallest absolute Gasteiger partial charge is 0.376 e. The van der Waals surface area contributed by atoms with Crippen LogP contribution in [0.4, 0.5) is 0 Å². The van der Waals surface area contributed by atoms with Crippen LogP contribution >= 0.6 is 0 Å². The summed E-state index contributed by atoms with van der Waals surface area (Å²) in [6.45, 7) is 5.89. The van der Waals surface area contributed by atoms with Gasteiger partial charge in [-0.15, -0.1) is 0 Å². The molecule has 0 bridgehead atoms. The van der Waals surface area contributed by atoms with Gasteiger partial charge in [-0.1, -0.05) is 6.92 Å². The zero-order valence-electron chi connectivity index (χ0n) is 8.79. The van der Waals surface area contributed by atoms with E-state index in [0.717, 1.165) is 12.8 Å². The van der Waals surface area contributed by atoms with E-state index >= 15 is 0 Å². The van der Waals surface area contributed by atoms with Gasteiger partial charge in [0.1, 0.15) is 0 Å². The maximum atomic E-state index is 11.3. The Kier molecular flexibility index (Phi) is 3.68. The third-order valence-electron chi connectivity index (χ3n) is 1.77. The number of esters is 1. The summed E-state index contributed by atoms with van der Waals surface area (Å²) in [4.78, 5) is 15.5. The first-order valence-electron chi connectivity index (χ1n) is 4.82. The highest BCUT2D eigenvalue weighted by Crippen LogP contribution is 2.12. The molecule has 0 spiro atoms. The number of oxazole rings is 1. The molecule has 4 heteroatoms.